The lowest BCUT2D eigenvalue weighted by Gasteiger charge is -2.09. The van der Waals surface area contributed by atoms with Crippen LogP contribution in [0.15, 0.2) is 24.3 Å². The van der Waals surface area contributed by atoms with Gasteiger partial charge >= 0.3 is 0 Å². The van der Waals surface area contributed by atoms with E-state index >= 15 is 0 Å². The van der Waals surface area contributed by atoms with Crippen molar-refractivity contribution in [1.82, 2.24) is 0 Å². The molecule has 64 valence electrons. The summed E-state index contributed by atoms with van der Waals surface area (Å²) in [6.45, 7) is 0. The fraction of sp³-hybridized carbons (Fsp3) is 0.400. The van der Waals surface area contributed by atoms with Gasteiger partial charge in [0.2, 0.25) is 0 Å². The highest BCUT2D eigenvalue weighted by Gasteiger charge is 2.26. The van der Waals surface area contributed by atoms with Crippen molar-refractivity contribution in [1.29, 1.82) is 0 Å². The molecule has 0 radical (unpaired) electrons. The summed E-state index contributed by atoms with van der Waals surface area (Å²) >= 11 is 0. The maximum absolute atomic E-state index is 9.04. The first-order valence-corrected chi connectivity index (χ1v) is 4.24. The molecule has 2 N–H and O–H groups in total. The van der Waals surface area contributed by atoms with Crippen molar-refractivity contribution in [2.45, 2.75) is 25.0 Å². The Kier molecular flexibility index (Phi) is 1.87. The maximum Gasteiger partial charge on any atom is 0.178 e. The summed E-state index contributed by atoms with van der Waals surface area (Å²) in [6, 6.07) is 7.53. The van der Waals surface area contributed by atoms with Crippen LogP contribution < -0.4 is 0 Å². The second-order valence-corrected chi connectivity index (χ2v) is 3.28. The Morgan fingerprint density at radius 3 is 2.42 bits per heavy atom. The van der Waals surface area contributed by atoms with Crippen LogP contribution in [0.5, 0.6) is 0 Å². The first kappa shape index (κ1) is 7.77. The van der Waals surface area contributed by atoms with Crippen LogP contribution in [-0.4, -0.2) is 10.2 Å². The zero-order valence-electron chi connectivity index (χ0n) is 6.77. The molecule has 0 spiro atoms. The third-order valence-corrected chi connectivity index (χ3v) is 2.29. The molecular weight excluding hydrogens is 152 g/mol. The smallest absolute Gasteiger partial charge is 0.178 e. The molecular formula is C10H12O2. The number of hydrogen-bond donors (Lipinski definition) is 2. The number of rotatable bonds is 2. The van der Waals surface area contributed by atoms with Gasteiger partial charge in [-0.2, -0.15) is 0 Å². The summed E-state index contributed by atoms with van der Waals surface area (Å²) in [5.74, 6) is 0.572. The van der Waals surface area contributed by atoms with Crippen LogP contribution in [0.1, 0.15) is 36.2 Å². The van der Waals surface area contributed by atoms with Crippen molar-refractivity contribution in [3.63, 3.8) is 0 Å². The Morgan fingerprint density at radius 2 is 1.83 bits per heavy atom. The molecule has 1 aliphatic rings. The first-order chi connectivity index (χ1) is 5.79. The highest BCUT2D eigenvalue weighted by Crippen LogP contribution is 2.42. The predicted molar refractivity (Wildman–Crippen MR) is 45.6 cm³/mol. The molecule has 0 saturated heterocycles. The molecule has 1 aromatic rings. The lowest BCUT2D eigenvalue weighted by Crippen LogP contribution is -1.99. The molecule has 0 bridgehead atoms. The minimum absolute atomic E-state index is 0.572. The summed E-state index contributed by atoms with van der Waals surface area (Å²) in [4.78, 5) is 0. The van der Waals surface area contributed by atoms with Gasteiger partial charge in [0.25, 0.3) is 0 Å². The third kappa shape index (κ3) is 1.36. The van der Waals surface area contributed by atoms with E-state index in [1.807, 2.05) is 18.2 Å². The summed E-state index contributed by atoms with van der Waals surface area (Å²) in [5.41, 5.74) is 1.77. The van der Waals surface area contributed by atoms with Crippen molar-refractivity contribution in [2.24, 2.45) is 0 Å². The Balaban J connectivity index is 2.36. The predicted octanol–water partition coefficient (Wildman–Crippen LogP) is 1.55. The Hall–Kier alpha value is -0.860. The van der Waals surface area contributed by atoms with Gasteiger partial charge in [-0.1, -0.05) is 24.3 Å². The van der Waals surface area contributed by atoms with Gasteiger partial charge in [0, 0.05) is 5.56 Å². The molecule has 1 aromatic carbocycles. The van der Waals surface area contributed by atoms with Crippen molar-refractivity contribution >= 4 is 0 Å². The van der Waals surface area contributed by atoms with Crippen LogP contribution in [0.3, 0.4) is 0 Å². The van der Waals surface area contributed by atoms with Crippen molar-refractivity contribution in [3.05, 3.63) is 35.4 Å². The summed E-state index contributed by atoms with van der Waals surface area (Å²) in [7, 11) is 0. The Labute approximate surface area is 71.5 Å². The minimum Gasteiger partial charge on any atom is -0.364 e. The average Bonchev–Trinajstić information content (AvgIpc) is 2.87. The van der Waals surface area contributed by atoms with Gasteiger partial charge in [0.1, 0.15) is 0 Å². The van der Waals surface area contributed by atoms with E-state index in [1.54, 1.807) is 6.07 Å². The van der Waals surface area contributed by atoms with Gasteiger partial charge in [-0.25, -0.2) is 0 Å². The normalized spacial score (nSPS) is 16.9. The molecule has 2 nitrogen and oxygen atoms in total. The Bertz CT molecular complexity index is 256. The van der Waals surface area contributed by atoms with Crippen LogP contribution >= 0.6 is 0 Å². The average molecular weight is 164 g/mol. The molecule has 0 unspecified atom stereocenters. The highest BCUT2D eigenvalue weighted by atomic mass is 16.5. The van der Waals surface area contributed by atoms with Crippen LogP contribution in [-0.2, 0) is 0 Å². The number of hydrogen-bond acceptors (Lipinski definition) is 2. The van der Waals surface area contributed by atoms with E-state index < -0.39 is 6.29 Å². The van der Waals surface area contributed by atoms with Crippen LogP contribution in [0.2, 0.25) is 0 Å². The summed E-state index contributed by atoms with van der Waals surface area (Å²) in [6.07, 6.45) is 1.05. The van der Waals surface area contributed by atoms with E-state index in [4.69, 9.17) is 10.2 Å². The van der Waals surface area contributed by atoms with Gasteiger partial charge < -0.3 is 10.2 Å². The standard InChI is InChI=1S/C10H12O2/c11-10(12)9-4-2-1-3-8(9)7-5-6-7/h1-4,7,10-12H,5-6H2. The van der Waals surface area contributed by atoms with E-state index in [1.165, 1.54) is 12.8 Å². The molecule has 2 heteroatoms. The second-order valence-electron chi connectivity index (χ2n) is 3.28. The van der Waals surface area contributed by atoms with E-state index in [9.17, 15) is 0 Å². The zero-order valence-corrected chi connectivity index (χ0v) is 6.77. The molecule has 0 heterocycles. The fourth-order valence-corrected chi connectivity index (χ4v) is 1.51. The molecule has 1 aliphatic carbocycles. The third-order valence-electron chi connectivity index (χ3n) is 2.29. The zero-order chi connectivity index (χ0) is 8.55. The fourth-order valence-electron chi connectivity index (χ4n) is 1.51. The lowest BCUT2D eigenvalue weighted by molar-refractivity contribution is -0.0431. The monoisotopic (exact) mass is 164 g/mol. The van der Waals surface area contributed by atoms with Crippen LogP contribution in [0.4, 0.5) is 0 Å². The van der Waals surface area contributed by atoms with E-state index in [0.29, 0.717) is 11.5 Å². The molecule has 0 amide bonds. The minimum atomic E-state index is -1.32. The number of benzene rings is 1. The van der Waals surface area contributed by atoms with Gasteiger partial charge in [-0.05, 0) is 24.3 Å². The van der Waals surface area contributed by atoms with Crippen molar-refractivity contribution in [3.8, 4) is 0 Å². The molecule has 1 fully saturated rings. The molecule has 12 heavy (non-hydrogen) atoms. The first-order valence-electron chi connectivity index (χ1n) is 4.24. The quantitative estimate of drug-likeness (QED) is 0.651. The van der Waals surface area contributed by atoms with Gasteiger partial charge in [0.05, 0.1) is 0 Å². The number of aliphatic hydroxyl groups excluding tert-OH is 1. The van der Waals surface area contributed by atoms with Gasteiger partial charge in [-0.3, -0.25) is 0 Å². The molecule has 0 aromatic heterocycles. The molecule has 1 saturated carbocycles. The topological polar surface area (TPSA) is 40.5 Å². The van der Waals surface area contributed by atoms with E-state index in [2.05, 4.69) is 0 Å². The number of aliphatic hydroxyl groups is 2. The molecule has 2 rings (SSSR count). The van der Waals surface area contributed by atoms with Gasteiger partial charge in [0.15, 0.2) is 6.29 Å². The molecule has 0 atom stereocenters. The van der Waals surface area contributed by atoms with E-state index in [0.717, 1.165) is 5.56 Å². The summed E-state index contributed by atoms with van der Waals surface area (Å²) in [5, 5.41) is 18.1. The Morgan fingerprint density at radius 1 is 1.17 bits per heavy atom. The van der Waals surface area contributed by atoms with Gasteiger partial charge in [-0.15, -0.1) is 0 Å². The summed E-state index contributed by atoms with van der Waals surface area (Å²) < 4.78 is 0. The second kappa shape index (κ2) is 2.88. The van der Waals surface area contributed by atoms with Crippen LogP contribution in [0.25, 0.3) is 0 Å². The molecule has 0 aliphatic heterocycles. The van der Waals surface area contributed by atoms with Crippen molar-refractivity contribution < 1.29 is 10.2 Å². The lowest BCUT2D eigenvalue weighted by atomic mass is 10.0. The van der Waals surface area contributed by atoms with Crippen molar-refractivity contribution in [2.75, 3.05) is 0 Å². The highest BCUT2D eigenvalue weighted by molar-refractivity contribution is 5.33. The van der Waals surface area contributed by atoms with Crippen LogP contribution in [0, 0.1) is 0 Å². The van der Waals surface area contributed by atoms with E-state index in [-0.39, 0.29) is 0 Å². The maximum atomic E-state index is 9.04. The largest absolute Gasteiger partial charge is 0.364 e. The SMILES string of the molecule is OC(O)c1ccccc1C1CC1.